The summed E-state index contributed by atoms with van der Waals surface area (Å²) in [5.74, 6) is 0.686. The molecule has 19 heavy (non-hydrogen) atoms. The normalized spacial score (nSPS) is 20.8. The third kappa shape index (κ3) is 3.71. The molecule has 2 atom stereocenters. The van der Waals surface area contributed by atoms with Gasteiger partial charge < -0.3 is 15.0 Å². The molecule has 3 nitrogen and oxygen atoms in total. The Morgan fingerprint density at radius 1 is 1.37 bits per heavy atom. The topological polar surface area (TPSA) is 24.5 Å². The summed E-state index contributed by atoms with van der Waals surface area (Å²) in [6, 6.07) is 9.41. The zero-order valence-electron chi connectivity index (χ0n) is 12.4. The van der Waals surface area contributed by atoms with Crippen LogP contribution in [-0.4, -0.2) is 33.4 Å². The predicted octanol–water partition coefficient (Wildman–Crippen LogP) is 2.83. The van der Waals surface area contributed by atoms with Crippen molar-refractivity contribution in [1.29, 1.82) is 0 Å². The van der Waals surface area contributed by atoms with Crippen LogP contribution in [0.4, 0.5) is 5.69 Å². The summed E-state index contributed by atoms with van der Waals surface area (Å²) in [6.45, 7) is 8.51. The summed E-state index contributed by atoms with van der Waals surface area (Å²) in [7, 11) is 1.79. The number of nitrogens with one attached hydrogen (secondary N) is 1. The van der Waals surface area contributed by atoms with Gasteiger partial charge in [0.05, 0.1) is 6.61 Å². The maximum absolute atomic E-state index is 5.25. The summed E-state index contributed by atoms with van der Waals surface area (Å²) >= 11 is 0. The molecule has 1 aliphatic heterocycles. The van der Waals surface area contributed by atoms with Gasteiger partial charge in [-0.1, -0.05) is 19.1 Å². The van der Waals surface area contributed by atoms with E-state index in [-0.39, 0.29) is 0 Å². The molecule has 106 valence electrons. The van der Waals surface area contributed by atoms with Gasteiger partial charge in [-0.25, -0.2) is 0 Å². The maximum Gasteiger partial charge on any atom is 0.0508 e. The largest absolute Gasteiger partial charge is 0.384 e. The van der Waals surface area contributed by atoms with Crippen LogP contribution in [0.5, 0.6) is 0 Å². The third-order valence-electron chi connectivity index (χ3n) is 3.96. The van der Waals surface area contributed by atoms with Crippen molar-refractivity contribution in [2.75, 3.05) is 38.3 Å². The molecule has 1 aliphatic rings. The molecule has 0 spiro atoms. The summed E-state index contributed by atoms with van der Waals surface area (Å²) in [5.41, 5.74) is 2.70. The molecule has 1 aromatic rings. The number of hydrogen-bond acceptors (Lipinski definition) is 3. The average Bonchev–Trinajstić information content (AvgIpc) is 2.88. The van der Waals surface area contributed by atoms with Crippen LogP contribution in [0, 0.1) is 5.92 Å². The number of rotatable bonds is 6. The molecule has 0 bridgehead atoms. The van der Waals surface area contributed by atoms with E-state index < -0.39 is 0 Å². The molecule has 0 aromatic heterocycles. The van der Waals surface area contributed by atoms with Crippen LogP contribution in [0.2, 0.25) is 0 Å². The van der Waals surface area contributed by atoms with E-state index in [1.165, 1.54) is 17.7 Å². The first-order valence-corrected chi connectivity index (χ1v) is 7.31. The predicted molar refractivity (Wildman–Crippen MR) is 80.7 cm³/mol. The van der Waals surface area contributed by atoms with Crippen LogP contribution in [0.3, 0.4) is 0 Å². The highest BCUT2D eigenvalue weighted by Crippen LogP contribution is 2.25. The van der Waals surface area contributed by atoms with Gasteiger partial charge in [-0.15, -0.1) is 0 Å². The van der Waals surface area contributed by atoms with Crippen molar-refractivity contribution in [3.05, 3.63) is 29.8 Å². The molecule has 1 fully saturated rings. The summed E-state index contributed by atoms with van der Waals surface area (Å²) in [6.07, 6.45) is 1.24. The lowest BCUT2D eigenvalue weighted by Gasteiger charge is -2.20. The van der Waals surface area contributed by atoms with Gasteiger partial charge in [-0.3, -0.25) is 0 Å². The number of methoxy groups -OCH3 is 1. The number of hydrogen-bond donors (Lipinski definition) is 1. The first-order valence-electron chi connectivity index (χ1n) is 7.31. The Morgan fingerprint density at radius 2 is 2.11 bits per heavy atom. The second kappa shape index (κ2) is 6.92. The van der Waals surface area contributed by atoms with E-state index in [0.29, 0.717) is 12.0 Å². The van der Waals surface area contributed by atoms with Gasteiger partial charge in [0.25, 0.3) is 0 Å². The Labute approximate surface area is 116 Å². The standard InChI is InChI=1S/C16H26N2O/c1-4-17-13(2)15-5-7-16(8-6-15)18-10-9-14(11-18)12-19-3/h5-8,13-14,17H,4,9-12H2,1-3H3. The molecule has 1 N–H and O–H groups in total. The van der Waals surface area contributed by atoms with Gasteiger partial charge in [0.15, 0.2) is 0 Å². The highest BCUT2D eigenvalue weighted by Gasteiger charge is 2.22. The fourth-order valence-electron chi connectivity index (χ4n) is 2.84. The van der Waals surface area contributed by atoms with Crippen LogP contribution < -0.4 is 10.2 Å². The Morgan fingerprint density at radius 3 is 2.74 bits per heavy atom. The van der Waals surface area contributed by atoms with E-state index >= 15 is 0 Å². The van der Waals surface area contributed by atoms with Gasteiger partial charge in [0.2, 0.25) is 0 Å². The van der Waals surface area contributed by atoms with Crippen molar-refractivity contribution in [1.82, 2.24) is 5.32 Å². The van der Waals surface area contributed by atoms with Gasteiger partial charge in [0.1, 0.15) is 0 Å². The Hall–Kier alpha value is -1.06. The highest BCUT2D eigenvalue weighted by molar-refractivity contribution is 5.48. The zero-order chi connectivity index (χ0) is 13.7. The van der Waals surface area contributed by atoms with Crippen molar-refractivity contribution in [2.24, 2.45) is 5.92 Å². The summed E-state index contributed by atoms with van der Waals surface area (Å²) in [5, 5.41) is 3.44. The molecule has 2 unspecified atom stereocenters. The number of benzene rings is 1. The van der Waals surface area contributed by atoms with E-state index in [2.05, 4.69) is 48.3 Å². The van der Waals surface area contributed by atoms with Crippen LogP contribution in [-0.2, 0) is 4.74 Å². The van der Waals surface area contributed by atoms with Crippen LogP contribution in [0.15, 0.2) is 24.3 Å². The lowest BCUT2D eigenvalue weighted by molar-refractivity contribution is 0.161. The molecule has 1 aromatic carbocycles. The number of ether oxygens (including phenoxy) is 1. The number of nitrogens with zero attached hydrogens (tertiary/aromatic N) is 1. The van der Waals surface area contributed by atoms with Crippen LogP contribution >= 0.6 is 0 Å². The van der Waals surface area contributed by atoms with Crippen molar-refractivity contribution in [3.63, 3.8) is 0 Å². The minimum absolute atomic E-state index is 0.430. The molecule has 1 heterocycles. The van der Waals surface area contributed by atoms with Crippen molar-refractivity contribution in [2.45, 2.75) is 26.3 Å². The van der Waals surface area contributed by atoms with E-state index in [9.17, 15) is 0 Å². The van der Waals surface area contributed by atoms with E-state index in [4.69, 9.17) is 4.74 Å². The van der Waals surface area contributed by atoms with E-state index in [0.717, 1.165) is 26.2 Å². The first-order chi connectivity index (χ1) is 9.24. The third-order valence-corrected chi connectivity index (χ3v) is 3.96. The smallest absolute Gasteiger partial charge is 0.0508 e. The highest BCUT2D eigenvalue weighted by atomic mass is 16.5. The minimum Gasteiger partial charge on any atom is -0.384 e. The lowest BCUT2D eigenvalue weighted by Crippen LogP contribution is -2.21. The Bertz CT molecular complexity index is 377. The number of anilines is 1. The van der Waals surface area contributed by atoms with Gasteiger partial charge in [0, 0.05) is 37.8 Å². The zero-order valence-corrected chi connectivity index (χ0v) is 12.4. The van der Waals surface area contributed by atoms with Crippen molar-refractivity contribution in [3.8, 4) is 0 Å². The molecular weight excluding hydrogens is 236 g/mol. The second-order valence-electron chi connectivity index (χ2n) is 5.43. The minimum atomic E-state index is 0.430. The molecule has 1 saturated heterocycles. The molecule has 2 rings (SSSR count). The van der Waals surface area contributed by atoms with E-state index in [1.807, 2.05) is 0 Å². The second-order valence-corrected chi connectivity index (χ2v) is 5.43. The molecule has 0 radical (unpaired) electrons. The fraction of sp³-hybridized carbons (Fsp3) is 0.625. The summed E-state index contributed by atoms with van der Waals surface area (Å²) < 4.78 is 5.25. The van der Waals surface area contributed by atoms with Gasteiger partial charge in [-0.05, 0) is 37.6 Å². The first kappa shape index (κ1) is 14.4. The molecule has 0 saturated carbocycles. The molecule has 0 amide bonds. The monoisotopic (exact) mass is 262 g/mol. The van der Waals surface area contributed by atoms with Crippen molar-refractivity contribution >= 4 is 5.69 Å². The van der Waals surface area contributed by atoms with Gasteiger partial charge >= 0.3 is 0 Å². The SMILES string of the molecule is CCNC(C)c1ccc(N2CCC(COC)C2)cc1. The molecule has 0 aliphatic carbocycles. The van der Waals surface area contributed by atoms with Crippen LogP contribution in [0.25, 0.3) is 0 Å². The van der Waals surface area contributed by atoms with Crippen molar-refractivity contribution < 1.29 is 4.74 Å². The van der Waals surface area contributed by atoms with Crippen LogP contribution in [0.1, 0.15) is 31.9 Å². The average molecular weight is 262 g/mol. The molecular formula is C16H26N2O. The summed E-state index contributed by atoms with van der Waals surface area (Å²) in [4.78, 5) is 2.46. The fourth-order valence-corrected chi connectivity index (χ4v) is 2.84. The maximum atomic E-state index is 5.25. The molecule has 3 heteroatoms. The Balaban J connectivity index is 1.95. The lowest BCUT2D eigenvalue weighted by atomic mass is 10.1. The van der Waals surface area contributed by atoms with Gasteiger partial charge in [-0.2, -0.15) is 0 Å². The van der Waals surface area contributed by atoms with E-state index in [1.54, 1.807) is 7.11 Å². The quantitative estimate of drug-likeness (QED) is 0.853. The Kier molecular flexibility index (Phi) is 5.23.